The van der Waals surface area contributed by atoms with Crippen molar-refractivity contribution in [3.63, 3.8) is 0 Å². The van der Waals surface area contributed by atoms with Crippen molar-refractivity contribution in [1.29, 1.82) is 0 Å². The van der Waals surface area contributed by atoms with E-state index in [1.807, 2.05) is 0 Å². The third kappa shape index (κ3) is 4.33. The predicted molar refractivity (Wildman–Crippen MR) is 118 cm³/mol. The Hall–Kier alpha value is -2.78. The largest absolute Gasteiger partial charge is 0.497 e. The van der Waals surface area contributed by atoms with Crippen LogP contribution in [0.1, 0.15) is 25.1 Å². The SMILES string of the molecule is COc1ccc(OC)c(S(=O)(=O)Nc2ccc(Cl)c(-c3nnc4n3CCCCC4)c2)c1. The molecule has 2 heterocycles. The van der Waals surface area contributed by atoms with Crippen molar-refractivity contribution in [2.75, 3.05) is 18.9 Å². The number of methoxy groups -OCH3 is 2. The maximum Gasteiger partial charge on any atom is 0.265 e. The zero-order valence-electron chi connectivity index (χ0n) is 17.3. The van der Waals surface area contributed by atoms with E-state index in [1.165, 1.54) is 20.3 Å². The summed E-state index contributed by atoms with van der Waals surface area (Å²) in [6.07, 6.45) is 4.12. The highest BCUT2D eigenvalue weighted by molar-refractivity contribution is 7.92. The van der Waals surface area contributed by atoms with Gasteiger partial charge in [0, 0.05) is 30.3 Å². The molecule has 0 unspecified atom stereocenters. The Bertz CT molecular complexity index is 1210. The second kappa shape index (κ2) is 8.76. The predicted octanol–water partition coefficient (Wildman–Crippen LogP) is 4.14. The summed E-state index contributed by atoms with van der Waals surface area (Å²) in [6, 6.07) is 9.53. The smallest absolute Gasteiger partial charge is 0.265 e. The highest BCUT2D eigenvalue weighted by atomic mass is 35.5. The molecule has 1 aromatic heterocycles. The first-order valence-corrected chi connectivity index (χ1v) is 11.8. The van der Waals surface area contributed by atoms with Gasteiger partial charge in [-0.15, -0.1) is 10.2 Å². The van der Waals surface area contributed by atoms with Gasteiger partial charge in [-0.2, -0.15) is 0 Å². The Morgan fingerprint density at radius 3 is 2.65 bits per heavy atom. The maximum atomic E-state index is 13.1. The van der Waals surface area contributed by atoms with E-state index in [-0.39, 0.29) is 10.6 Å². The Morgan fingerprint density at radius 2 is 1.87 bits per heavy atom. The molecule has 0 aliphatic carbocycles. The van der Waals surface area contributed by atoms with Crippen LogP contribution in [0.4, 0.5) is 5.69 Å². The van der Waals surface area contributed by atoms with Crippen LogP contribution in [-0.4, -0.2) is 37.4 Å². The lowest BCUT2D eigenvalue weighted by molar-refractivity contribution is 0.392. The van der Waals surface area contributed by atoms with Gasteiger partial charge in [-0.05, 0) is 43.2 Å². The average molecular weight is 463 g/mol. The van der Waals surface area contributed by atoms with Crippen molar-refractivity contribution < 1.29 is 17.9 Å². The van der Waals surface area contributed by atoms with Crippen LogP contribution in [0.25, 0.3) is 11.4 Å². The monoisotopic (exact) mass is 462 g/mol. The number of aromatic nitrogens is 3. The number of benzene rings is 2. The second-order valence-electron chi connectivity index (χ2n) is 7.22. The molecule has 1 aliphatic heterocycles. The van der Waals surface area contributed by atoms with Crippen LogP contribution in [0.5, 0.6) is 11.5 Å². The number of sulfonamides is 1. The van der Waals surface area contributed by atoms with E-state index in [9.17, 15) is 8.42 Å². The first-order valence-electron chi connectivity index (χ1n) is 9.90. The number of nitrogens with one attached hydrogen (secondary N) is 1. The molecule has 0 saturated carbocycles. The molecule has 0 bridgehead atoms. The molecule has 8 nitrogen and oxygen atoms in total. The molecule has 3 aromatic rings. The minimum Gasteiger partial charge on any atom is -0.497 e. The molecule has 0 spiro atoms. The molecule has 2 aromatic carbocycles. The fourth-order valence-corrected chi connectivity index (χ4v) is 5.09. The van der Waals surface area contributed by atoms with Gasteiger partial charge in [-0.1, -0.05) is 18.0 Å². The Morgan fingerprint density at radius 1 is 1.03 bits per heavy atom. The van der Waals surface area contributed by atoms with E-state index >= 15 is 0 Å². The lowest BCUT2D eigenvalue weighted by atomic mass is 10.2. The standard InChI is InChI=1S/C21H23ClN4O4S/c1-29-15-8-10-18(30-2)19(13-15)31(27,28)25-14-7-9-17(22)16(12-14)21-24-23-20-6-4-3-5-11-26(20)21/h7-10,12-13,25H,3-6,11H2,1-2H3. The van der Waals surface area contributed by atoms with Gasteiger partial charge in [-0.3, -0.25) is 4.72 Å². The van der Waals surface area contributed by atoms with Crippen molar-refractivity contribution in [1.82, 2.24) is 14.8 Å². The van der Waals surface area contributed by atoms with E-state index < -0.39 is 10.0 Å². The maximum absolute atomic E-state index is 13.1. The zero-order chi connectivity index (χ0) is 22.0. The number of nitrogens with zero attached hydrogens (tertiary/aromatic N) is 3. The van der Waals surface area contributed by atoms with Crippen molar-refractivity contribution in [2.24, 2.45) is 0 Å². The number of rotatable bonds is 6. The van der Waals surface area contributed by atoms with E-state index in [2.05, 4.69) is 19.5 Å². The van der Waals surface area contributed by atoms with Gasteiger partial charge in [0.05, 0.1) is 19.2 Å². The van der Waals surface area contributed by atoms with E-state index in [0.29, 0.717) is 27.8 Å². The van der Waals surface area contributed by atoms with Crippen molar-refractivity contribution in [3.8, 4) is 22.9 Å². The molecule has 0 radical (unpaired) electrons. The summed E-state index contributed by atoms with van der Waals surface area (Å²) in [7, 11) is -1.07. The van der Waals surface area contributed by atoms with Crippen LogP contribution in [0.2, 0.25) is 5.02 Å². The summed E-state index contributed by atoms with van der Waals surface area (Å²) < 4.78 is 41.3. The van der Waals surface area contributed by atoms with Crippen molar-refractivity contribution in [2.45, 2.75) is 37.1 Å². The van der Waals surface area contributed by atoms with Gasteiger partial charge < -0.3 is 14.0 Å². The number of hydrogen-bond donors (Lipinski definition) is 1. The van der Waals surface area contributed by atoms with Gasteiger partial charge in [0.15, 0.2) is 5.82 Å². The third-order valence-corrected chi connectivity index (χ3v) is 6.96. The van der Waals surface area contributed by atoms with E-state index in [1.54, 1.807) is 30.3 Å². The third-order valence-electron chi connectivity index (χ3n) is 5.23. The average Bonchev–Trinajstić information content (AvgIpc) is 3.01. The summed E-state index contributed by atoms with van der Waals surface area (Å²) in [4.78, 5) is -0.0257. The van der Waals surface area contributed by atoms with Crippen molar-refractivity contribution >= 4 is 27.3 Å². The molecule has 0 fully saturated rings. The minimum atomic E-state index is -3.95. The van der Waals surface area contributed by atoms with Gasteiger partial charge >= 0.3 is 0 Å². The van der Waals surface area contributed by atoms with Crippen LogP contribution in [0.15, 0.2) is 41.3 Å². The Labute approximate surface area is 186 Å². The first kappa shape index (κ1) is 21.5. The number of ether oxygens (including phenoxy) is 2. The topological polar surface area (TPSA) is 95.3 Å². The van der Waals surface area contributed by atoms with E-state index in [4.69, 9.17) is 21.1 Å². The molecule has 0 amide bonds. The van der Waals surface area contributed by atoms with Gasteiger partial charge in [0.25, 0.3) is 10.0 Å². The highest BCUT2D eigenvalue weighted by Crippen LogP contribution is 2.34. The number of fused-ring (bicyclic) bond motifs is 1. The van der Waals surface area contributed by atoms with Crippen LogP contribution < -0.4 is 14.2 Å². The highest BCUT2D eigenvalue weighted by Gasteiger charge is 2.23. The van der Waals surface area contributed by atoms with Crippen LogP contribution in [-0.2, 0) is 23.0 Å². The lowest BCUT2D eigenvalue weighted by Crippen LogP contribution is -2.14. The van der Waals surface area contributed by atoms with Crippen molar-refractivity contribution in [3.05, 3.63) is 47.2 Å². The fourth-order valence-electron chi connectivity index (χ4n) is 3.65. The Kier molecular flexibility index (Phi) is 6.06. The molecule has 1 N–H and O–H groups in total. The normalized spacial score (nSPS) is 13.9. The minimum absolute atomic E-state index is 0.0257. The zero-order valence-corrected chi connectivity index (χ0v) is 18.8. The van der Waals surface area contributed by atoms with Gasteiger partial charge in [-0.25, -0.2) is 8.42 Å². The molecule has 0 saturated heterocycles. The lowest BCUT2D eigenvalue weighted by Gasteiger charge is -2.14. The summed E-state index contributed by atoms with van der Waals surface area (Å²) in [5.74, 6) is 2.19. The molecular weight excluding hydrogens is 440 g/mol. The molecule has 10 heteroatoms. The number of anilines is 1. The quantitative estimate of drug-likeness (QED) is 0.591. The first-order chi connectivity index (χ1) is 14.9. The number of hydrogen-bond acceptors (Lipinski definition) is 6. The number of aryl methyl sites for hydroxylation is 1. The van der Waals surface area contributed by atoms with Gasteiger partial charge in [0.1, 0.15) is 22.2 Å². The van der Waals surface area contributed by atoms with Crippen LogP contribution in [0, 0.1) is 0 Å². The summed E-state index contributed by atoms with van der Waals surface area (Å²) >= 11 is 6.45. The van der Waals surface area contributed by atoms with Crippen LogP contribution >= 0.6 is 11.6 Å². The van der Waals surface area contributed by atoms with Gasteiger partial charge in [0.2, 0.25) is 0 Å². The fraction of sp³-hybridized carbons (Fsp3) is 0.333. The molecule has 31 heavy (non-hydrogen) atoms. The molecule has 164 valence electrons. The molecule has 1 aliphatic rings. The molecule has 4 rings (SSSR count). The molecular formula is C21H23ClN4O4S. The summed E-state index contributed by atoms with van der Waals surface area (Å²) in [6.45, 7) is 0.810. The number of halogens is 1. The summed E-state index contributed by atoms with van der Waals surface area (Å²) in [5, 5.41) is 9.12. The summed E-state index contributed by atoms with van der Waals surface area (Å²) in [5.41, 5.74) is 0.982. The van der Waals surface area contributed by atoms with Crippen LogP contribution in [0.3, 0.4) is 0 Å². The Balaban J connectivity index is 1.71. The second-order valence-corrected chi connectivity index (χ2v) is 9.28. The van der Waals surface area contributed by atoms with E-state index in [0.717, 1.165) is 38.1 Å². The molecule has 0 atom stereocenters.